The van der Waals surface area contributed by atoms with Gasteiger partial charge in [-0.2, -0.15) is 5.10 Å². The maximum Gasteiger partial charge on any atom is 0.175 e. The number of rotatable bonds is 7. The summed E-state index contributed by atoms with van der Waals surface area (Å²) in [5, 5.41) is 13.4. The monoisotopic (exact) mass is 402 g/mol. The van der Waals surface area contributed by atoms with Crippen LogP contribution in [0.5, 0.6) is 0 Å². The number of benzene rings is 2. The van der Waals surface area contributed by atoms with E-state index in [9.17, 15) is 17.6 Å². The first-order valence-electron chi connectivity index (χ1n) is 8.56. The Morgan fingerprint density at radius 3 is 2.32 bits per heavy atom. The van der Waals surface area contributed by atoms with Crippen molar-refractivity contribution in [3.63, 3.8) is 0 Å². The van der Waals surface area contributed by atoms with E-state index in [-0.39, 0.29) is 35.9 Å². The quantitative estimate of drug-likeness (QED) is 0.656. The van der Waals surface area contributed by atoms with Crippen LogP contribution in [-0.4, -0.2) is 42.0 Å². The summed E-state index contributed by atoms with van der Waals surface area (Å²) in [6.45, 7) is -0.225. The number of aromatic nitrogens is 2. The normalized spacial score (nSPS) is 11.5. The van der Waals surface area contributed by atoms with Gasteiger partial charge in [-0.05, 0) is 42.5 Å². The highest BCUT2D eigenvalue weighted by molar-refractivity contribution is 7.90. The highest BCUT2D eigenvalue weighted by Gasteiger charge is 2.15. The number of aliphatic hydroxyl groups is 1. The third-order valence-corrected chi connectivity index (χ3v) is 5.31. The van der Waals surface area contributed by atoms with Gasteiger partial charge in [0.25, 0.3) is 0 Å². The van der Waals surface area contributed by atoms with Crippen molar-refractivity contribution in [2.75, 3.05) is 12.9 Å². The number of ketones is 1. The second-order valence-corrected chi connectivity index (χ2v) is 8.41. The summed E-state index contributed by atoms with van der Waals surface area (Å²) in [4.78, 5) is 12.1. The third-order valence-electron chi connectivity index (χ3n) is 4.18. The van der Waals surface area contributed by atoms with E-state index < -0.39 is 9.84 Å². The van der Waals surface area contributed by atoms with Crippen LogP contribution >= 0.6 is 0 Å². The Kier molecular flexibility index (Phi) is 5.71. The van der Waals surface area contributed by atoms with Gasteiger partial charge in [-0.1, -0.05) is 12.1 Å². The maximum absolute atomic E-state index is 13.3. The zero-order chi connectivity index (χ0) is 20.3. The summed E-state index contributed by atoms with van der Waals surface area (Å²) in [7, 11) is -3.32. The van der Waals surface area contributed by atoms with Crippen molar-refractivity contribution < 1.29 is 22.7 Å². The minimum Gasteiger partial charge on any atom is -0.396 e. The molecule has 0 radical (unpaired) electrons. The van der Waals surface area contributed by atoms with E-state index in [1.165, 1.54) is 24.3 Å². The van der Waals surface area contributed by atoms with Gasteiger partial charge >= 0.3 is 0 Å². The molecule has 0 aliphatic rings. The first kappa shape index (κ1) is 19.9. The number of nitrogens with zero attached hydrogens (tertiary/aromatic N) is 2. The maximum atomic E-state index is 13.3. The van der Waals surface area contributed by atoms with Crippen LogP contribution < -0.4 is 0 Å². The molecule has 6 nitrogen and oxygen atoms in total. The van der Waals surface area contributed by atoms with Gasteiger partial charge in [0.15, 0.2) is 9.84 Å². The van der Waals surface area contributed by atoms with E-state index in [0.717, 1.165) is 6.26 Å². The predicted octanol–water partition coefficient (Wildman–Crippen LogP) is 2.58. The van der Waals surface area contributed by atoms with Crippen molar-refractivity contribution in [2.24, 2.45) is 0 Å². The molecule has 1 heterocycles. The molecule has 8 heteroatoms. The van der Waals surface area contributed by atoms with Crippen LogP contribution in [0, 0.1) is 5.82 Å². The molecular formula is C20H19FN2O4S. The molecule has 1 N–H and O–H groups in total. The fourth-order valence-corrected chi connectivity index (χ4v) is 3.42. The molecular weight excluding hydrogens is 383 g/mol. The lowest BCUT2D eigenvalue weighted by atomic mass is 10.1. The molecule has 0 aliphatic heterocycles. The van der Waals surface area contributed by atoms with Crippen molar-refractivity contribution in [2.45, 2.75) is 17.7 Å². The van der Waals surface area contributed by atoms with E-state index in [1.54, 1.807) is 35.0 Å². The molecule has 3 aromatic rings. The van der Waals surface area contributed by atoms with Crippen LogP contribution in [0.3, 0.4) is 0 Å². The summed E-state index contributed by atoms with van der Waals surface area (Å²) in [6, 6.07) is 13.8. The Balaban J connectivity index is 2.06. The zero-order valence-corrected chi connectivity index (χ0v) is 16.0. The van der Waals surface area contributed by atoms with Crippen LogP contribution in [0.15, 0.2) is 59.5 Å². The number of carbonyl (C=O) groups is 1. The van der Waals surface area contributed by atoms with Crippen LogP contribution in [0.2, 0.25) is 0 Å². The first-order chi connectivity index (χ1) is 13.3. The molecule has 0 spiro atoms. The number of hydrogen-bond acceptors (Lipinski definition) is 5. The SMILES string of the molecule is CS(=O)(=O)c1ccc(-c2cc(CC(=O)CCO)nn2-c2ccc(F)cc2)cc1. The highest BCUT2D eigenvalue weighted by atomic mass is 32.2. The molecule has 2 aromatic carbocycles. The van der Waals surface area contributed by atoms with Crippen molar-refractivity contribution in [1.29, 1.82) is 0 Å². The minimum absolute atomic E-state index is 0.0435. The fraction of sp³-hybridized carbons (Fsp3) is 0.200. The van der Waals surface area contributed by atoms with E-state index in [1.807, 2.05) is 0 Å². The summed E-state index contributed by atoms with van der Waals surface area (Å²) in [5.74, 6) is -0.529. The van der Waals surface area contributed by atoms with Gasteiger partial charge in [-0.3, -0.25) is 4.79 Å². The number of carbonyl (C=O) groups excluding carboxylic acids is 1. The topological polar surface area (TPSA) is 89.3 Å². The third kappa shape index (κ3) is 4.52. The average molecular weight is 402 g/mol. The molecule has 28 heavy (non-hydrogen) atoms. The fourth-order valence-electron chi connectivity index (χ4n) is 2.79. The molecule has 0 bridgehead atoms. The Morgan fingerprint density at radius 1 is 1.11 bits per heavy atom. The summed E-state index contributed by atoms with van der Waals surface area (Å²) < 4.78 is 38.2. The number of aliphatic hydroxyl groups excluding tert-OH is 1. The number of hydrogen-bond donors (Lipinski definition) is 1. The van der Waals surface area contributed by atoms with Gasteiger partial charge in [0, 0.05) is 24.8 Å². The van der Waals surface area contributed by atoms with Crippen LogP contribution in [0.1, 0.15) is 12.1 Å². The Hall–Kier alpha value is -2.84. The van der Waals surface area contributed by atoms with Crippen molar-refractivity contribution in [1.82, 2.24) is 9.78 Å². The molecule has 0 fully saturated rings. The largest absolute Gasteiger partial charge is 0.396 e. The van der Waals surface area contributed by atoms with Crippen molar-refractivity contribution in [3.8, 4) is 16.9 Å². The smallest absolute Gasteiger partial charge is 0.175 e. The first-order valence-corrected chi connectivity index (χ1v) is 10.4. The lowest BCUT2D eigenvalue weighted by molar-refractivity contribution is -0.119. The lowest BCUT2D eigenvalue weighted by Crippen LogP contribution is -2.06. The predicted molar refractivity (Wildman–Crippen MR) is 102 cm³/mol. The Bertz CT molecular complexity index is 1090. The zero-order valence-electron chi connectivity index (χ0n) is 15.2. The molecule has 146 valence electrons. The summed E-state index contributed by atoms with van der Waals surface area (Å²) in [5.41, 5.74) is 2.44. The van der Waals surface area contributed by atoms with Crippen LogP contribution in [0.25, 0.3) is 16.9 Å². The van der Waals surface area contributed by atoms with Gasteiger partial charge in [0.2, 0.25) is 0 Å². The van der Waals surface area contributed by atoms with Crippen LogP contribution in [0.4, 0.5) is 4.39 Å². The standard InChI is InChI=1S/C20H19FN2O4S/c1-28(26,27)19-8-2-14(3-9-19)20-13-16(12-18(25)10-11-24)22-23(20)17-6-4-15(21)5-7-17/h2-9,13,24H,10-12H2,1H3. The van der Waals surface area contributed by atoms with E-state index in [4.69, 9.17) is 5.11 Å². The summed E-state index contributed by atoms with van der Waals surface area (Å²) in [6.07, 6.45) is 1.24. The Labute approximate surface area is 162 Å². The number of Topliss-reactive ketones (excluding diaryl/α,β-unsaturated/α-hetero) is 1. The molecule has 0 aliphatic carbocycles. The van der Waals surface area contributed by atoms with E-state index in [2.05, 4.69) is 5.10 Å². The highest BCUT2D eigenvalue weighted by Crippen LogP contribution is 2.26. The number of halogens is 1. The van der Waals surface area contributed by atoms with Gasteiger partial charge in [-0.15, -0.1) is 0 Å². The van der Waals surface area contributed by atoms with Crippen molar-refractivity contribution in [3.05, 3.63) is 66.1 Å². The summed E-state index contributed by atoms with van der Waals surface area (Å²) >= 11 is 0. The molecule has 0 unspecified atom stereocenters. The van der Waals surface area contributed by atoms with E-state index >= 15 is 0 Å². The molecule has 0 atom stereocenters. The van der Waals surface area contributed by atoms with Gasteiger partial charge in [0.05, 0.1) is 28.4 Å². The average Bonchev–Trinajstić information content (AvgIpc) is 3.05. The van der Waals surface area contributed by atoms with Crippen LogP contribution in [-0.2, 0) is 21.1 Å². The Morgan fingerprint density at radius 2 is 1.75 bits per heavy atom. The number of sulfone groups is 1. The molecule has 0 saturated heterocycles. The van der Waals surface area contributed by atoms with Gasteiger partial charge in [-0.25, -0.2) is 17.5 Å². The van der Waals surface area contributed by atoms with Gasteiger partial charge in [0.1, 0.15) is 11.6 Å². The van der Waals surface area contributed by atoms with Crippen molar-refractivity contribution >= 4 is 15.6 Å². The second-order valence-electron chi connectivity index (χ2n) is 6.39. The minimum atomic E-state index is -3.32. The molecule has 0 amide bonds. The lowest BCUT2D eigenvalue weighted by Gasteiger charge is -2.08. The second kappa shape index (κ2) is 8.04. The van der Waals surface area contributed by atoms with E-state index in [0.29, 0.717) is 22.6 Å². The molecule has 1 aromatic heterocycles. The van der Waals surface area contributed by atoms with Gasteiger partial charge < -0.3 is 5.11 Å². The molecule has 0 saturated carbocycles. The molecule has 3 rings (SSSR count).